The minimum absolute atomic E-state index is 0.214. The molecule has 0 saturated carbocycles. The summed E-state index contributed by atoms with van der Waals surface area (Å²) in [6.45, 7) is 3.57. The van der Waals surface area contributed by atoms with Gasteiger partial charge in [-0.15, -0.1) is 5.11 Å². The van der Waals surface area contributed by atoms with Gasteiger partial charge < -0.3 is 0 Å². The third kappa shape index (κ3) is 4.57. The van der Waals surface area contributed by atoms with E-state index in [1.807, 2.05) is 11.1 Å². The van der Waals surface area contributed by atoms with Crippen molar-refractivity contribution in [2.45, 2.75) is 31.1 Å². The van der Waals surface area contributed by atoms with Crippen molar-refractivity contribution < 1.29 is 8.42 Å². The molecule has 0 spiro atoms. The molecule has 1 saturated heterocycles. The lowest BCUT2D eigenvalue weighted by Crippen LogP contribution is -2.23. The number of anilines is 1. The minimum atomic E-state index is -3.67. The van der Waals surface area contributed by atoms with Gasteiger partial charge >= 0.3 is 0 Å². The van der Waals surface area contributed by atoms with Crippen LogP contribution < -0.4 is 4.72 Å². The second-order valence-corrected chi connectivity index (χ2v) is 7.78. The van der Waals surface area contributed by atoms with Crippen LogP contribution in [0.25, 0.3) is 0 Å². The number of rotatable bonds is 5. The van der Waals surface area contributed by atoms with Gasteiger partial charge in [0, 0.05) is 18.8 Å². The summed E-state index contributed by atoms with van der Waals surface area (Å²) >= 11 is 0. The summed E-state index contributed by atoms with van der Waals surface area (Å²) in [7, 11) is -3.67. The number of hydrogen-bond acceptors (Lipinski definition) is 4. The largest absolute Gasteiger partial charge is 0.280 e. The van der Waals surface area contributed by atoms with Crippen LogP contribution in [0, 0.1) is 6.92 Å². The first-order valence-corrected chi connectivity index (χ1v) is 9.88. The molecule has 0 aliphatic carbocycles. The van der Waals surface area contributed by atoms with E-state index in [9.17, 15) is 8.42 Å². The highest BCUT2D eigenvalue weighted by atomic mass is 32.2. The molecule has 2 aromatic carbocycles. The Labute approximate surface area is 148 Å². The lowest BCUT2D eigenvalue weighted by Gasteiger charge is -2.21. The van der Waals surface area contributed by atoms with Crippen molar-refractivity contribution in [3.05, 3.63) is 54.1 Å². The molecule has 1 aliphatic heterocycles. The Kier molecular flexibility index (Phi) is 5.33. The van der Waals surface area contributed by atoms with Crippen molar-refractivity contribution in [1.29, 1.82) is 0 Å². The number of nitrogens with one attached hydrogen (secondary N) is 1. The summed E-state index contributed by atoms with van der Waals surface area (Å²) in [6.07, 6.45) is 3.46. The Hall–Kier alpha value is -2.41. The summed E-state index contributed by atoms with van der Waals surface area (Å²) < 4.78 is 28.0. The molecule has 1 N–H and O–H groups in total. The highest BCUT2D eigenvalue weighted by molar-refractivity contribution is 7.92. The van der Waals surface area contributed by atoms with Crippen molar-refractivity contribution in [3.8, 4) is 0 Å². The van der Waals surface area contributed by atoms with Crippen LogP contribution in [-0.4, -0.2) is 26.5 Å². The summed E-state index contributed by atoms with van der Waals surface area (Å²) in [4.78, 5) is 0.214. The quantitative estimate of drug-likeness (QED) is 0.811. The van der Waals surface area contributed by atoms with Gasteiger partial charge in [0.25, 0.3) is 10.0 Å². The van der Waals surface area contributed by atoms with E-state index in [-0.39, 0.29) is 4.90 Å². The fourth-order valence-corrected chi connectivity index (χ4v) is 4.06. The molecule has 7 heteroatoms. The average molecular weight is 358 g/mol. The van der Waals surface area contributed by atoms with Gasteiger partial charge in [-0.05, 0) is 56.0 Å². The highest BCUT2D eigenvalue weighted by Crippen LogP contribution is 2.25. The predicted octanol–water partition coefficient (Wildman–Crippen LogP) is 4.28. The number of piperidine rings is 1. The Morgan fingerprint density at radius 2 is 1.72 bits per heavy atom. The molecule has 1 heterocycles. The van der Waals surface area contributed by atoms with E-state index >= 15 is 0 Å². The second kappa shape index (κ2) is 7.65. The summed E-state index contributed by atoms with van der Waals surface area (Å²) in [5.41, 5.74) is 1.73. The summed E-state index contributed by atoms with van der Waals surface area (Å²) in [5, 5.41) is 10.4. The van der Waals surface area contributed by atoms with E-state index < -0.39 is 10.0 Å². The Bertz CT molecular complexity index is 845. The highest BCUT2D eigenvalue weighted by Gasteiger charge is 2.18. The van der Waals surface area contributed by atoms with E-state index in [4.69, 9.17) is 0 Å². The number of sulfonamides is 1. The van der Waals surface area contributed by atoms with Gasteiger partial charge in [-0.2, -0.15) is 0 Å². The van der Waals surface area contributed by atoms with Crippen molar-refractivity contribution in [1.82, 2.24) is 5.01 Å². The monoisotopic (exact) mass is 358 g/mol. The summed E-state index contributed by atoms with van der Waals surface area (Å²) in [6, 6.07) is 13.9. The van der Waals surface area contributed by atoms with Crippen molar-refractivity contribution >= 4 is 21.4 Å². The molecular formula is C18H22N4O2S. The second-order valence-electron chi connectivity index (χ2n) is 6.13. The molecule has 0 bridgehead atoms. The number of benzene rings is 2. The van der Waals surface area contributed by atoms with Gasteiger partial charge in [-0.1, -0.05) is 29.5 Å². The van der Waals surface area contributed by atoms with E-state index in [1.54, 1.807) is 49.4 Å². The van der Waals surface area contributed by atoms with E-state index in [2.05, 4.69) is 15.1 Å². The molecule has 132 valence electrons. The van der Waals surface area contributed by atoms with Crippen LogP contribution in [-0.2, 0) is 10.0 Å². The zero-order valence-electron chi connectivity index (χ0n) is 14.2. The maximum Gasteiger partial charge on any atom is 0.262 e. The number of para-hydroxylation sites is 1. The first kappa shape index (κ1) is 17.4. The van der Waals surface area contributed by atoms with Gasteiger partial charge in [0.2, 0.25) is 0 Å². The zero-order valence-corrected chi connectivity index (χ0v) is 15.0. The first-order valence-electron chi connectivity index (χ1n) is 8.40. The Morgan fingerprint density at radius 3 is 2.44 bits per heavy atom. The third-order valence-corrected chi connectivity index (χ3v) is 5.63. The van der Waals surface area contributed by atoms with Gasteiger partial charge in [-0.25, -0.2) is 8.42 Å². The Morgan fingerprint density at radius 1 is 1.00 bits per heavy atom. The van der Waals surface area contributed by atoms with Crippen LogP contribution in [0.4, 0.5) is 11.4 Å². The van der Waals surface area contributed by atoms with Crippen LogP contribution in [0.2, 0.25) is 0 Å². The molecule has 0 amide bonds. The lowest BCUT2D eigenvalue weighted by atomic mass is 10.2. The summed E-state index contributed by atoms with van der Waals surface area (Å²) in [5.74, 6) is 0. The number of aryl methyl sites for hydroxylation is 1. The molecule has 1 fully saturated rings. The van der Waals surface area contributed by atoms with Crippen LogP contribution in [0.3, 0.4) is 0 Å². The van der Waals surface area contributed by atoms with Crippen LogP contribution in [0.1, 0.15) is 24.8 Å². The fourth-order valence-electron chi connectivity index (χ4n) is 2.74. The normalized spacial score (nSPS) is 15.5. The molecule has 0 atom stereocenters. The molecule has 6 nitrogen and oxygen atoms in total. The van der Waals surface area contributed by atoms with Crippen LogP contribution in [0.15, 0.2) is 63.8 Å². The molecule has 2 aromatic rings. The van der Waals surface area contributed by atoms with E-state index in [0.29, 0.717) is 16.9 Å². The van der Waals surface area contributed by atoms with E-state index in [1.165, 1.54) is 6.42 Å². The van der Waals surface area contributed by atoms with Gasteiger partial charge in [-0.3, -0.25) is 9.73 Å². The van der Waals surface area contributed by atoms with Crippen molar-refractivity contribution in [3.63, 3.8) is 0 Å². The topological polar surface area (TPSA) is 74.1 Å². The fraction of sp³-hybridized carbons (Fsp3) is 0.333. The maximum atomic E-state index is 12.7. The molecule has 3 rings (SSSR count). The standard InChI is InChI=1S/C18H22N4O2S/c1-15-10-11-17(19-21-22-12-6-3-7-13-22)14-18(15)25(23,24)20-16-8-4-2-5-9-16/h2,4-5,8-11,14,20H,3,6-7,12-13H2,1H3. The molecule has 0 radical (unpaired) electrons. The number of hydrogen-bond donors (Lipinski definition) is 1. The van der Waals surface area contributed by atoms with Gasteiger partial charge in [0.05, 0.1) is 10.6 Å². The maximum absolute atomic E-state index is 12.7. The van der Waals surface area contributed by atoms with Crippen LogP contribution >= 0.6 is 0 Å². The predicted molar refractivity (Wildman–Crippen MR) is 98.4 cm³/mol. The smallest absolute Gasteiger partial charge is 0.262 e. The van der Waals surface area contributed by atoms with Crippen molar-refractivity contribution in [2.75, 3.05) is 17.8 Å². The first-order chi connectivity index (χ1) is 12.0. The number of nitrogens with zero attached hydrogens (tertiary/aromatic N) is 3. The molecule has 0 aromatic heterocycles. The molecular weight excluding hydrogens is 336 g/mol. The lowest BCUT2D eigenvalue weighted by molar-refractivity contribution is 0.224. The Balaban J connectivity index is 1.82. The third-order valence-electron chi connectivity index (χ3n) is 4.11. The van der Waals surface area contributed by atoms with Crippen molar-refractivity contribution in [2.24, 2.45) is 10.3 Å². The molecule has 0 unspecified atom stereocenters. The molecule has 25 heavy (non-hydrogen) atoms. The van der Waals surface area contributed by atoms with E-state index in [0.717, 1.165) is 25.9 Å². The zero-order chi connectivity index (χ0) is 17.7. The molecule has 1 aliphatic rings. The minimum Gasteiger partial charge on any atom is -0.280 e. The SMILES string of the molecule is Cc1ccc(N=NN2CCCCC2)cc1S(=O)(=O)Nc1ccccc1. The van der Waals surface area contributed by atoms with Gasteiger partial charge in [0.15, 0.2) is 0 Å². The average Bonchev–Trinajstić information content (AvgIpc) is 2.62. The van der Waals surface area contributed by atoms with Crippen LogP contribution in [0.5, 0.6) is 0 Å². The van der Waals surface area contributed by atoms with Gasteiger partial charge in [0.1, 0.15) is 0 Å².